The van der Waals surface area contributed by atoms with Gasteiger partial charge in [-0.05, 0) is 52.3 Å². The van der Waals surface area contributed by atoms with Crippen LogP contribution in [-0.4, -0.2) is 5.54 Å². The van der Waals surface area contributed by atoms with Gasteiger partial charge in [-0.1, -0.05) is 146 Å². The Balaban J connectivity index is 0.00000323. The molecule has 0 radical (unpaired) electrons. The Morgan fingerprint density at radius 3 is 0.800 bits per heavy atom. The largest absolute Gasteiger partial charge is 1.00 e. The highest BCUT2D eigenvalue weighted by atomic mass is 35.5. The lowest BCUT2D eigenvalue weighted by Gasteiger charge is -2.33. The molecule has 3 heteroatoms. The predicted octanol–water partition coefficient (Wildman–Crippen LogP) is 3.74. The zero-order chi connectivity index (χ0) is 26.4. The lowest BCUT2D eigenvalue weighted by molar-refractivity contribution is -0.00000728. The molecule has 0 N–H and O–H groups in total. The van der Waals surface area contributed by atoms with Crippen molar-refractivity contribution in [1.29, 1.82) is 0 Å². The van der Waals surface area contributed by atoms with Crippen LogP contribution in [0.1, 0.15) is 0 Å². The second kappa shape index (κ2) is 12.7. The first-order valence-electron chi connectivity index (χ1n) is 13.3. The topological polar surface area (TPSA) is 0 Å². The molecule has 0 saturated heterocycles. The van der Waals surface area contributed by atoms with Crippen LogP contribution in [0.3, 0.4) is 0 Å². The molecule has 0 aromatic heterocycles. The van der Waals surface area contributed by atoms with Crippen LogP contribution in [0.4, 0.5) is 0 Å². The van der Waals surface area contributed by atoms with Crippen LogP contribution in [0.15, 0.2) is 182 Å². The molecule has 0 spiro atoms. The van der Waals surface area contributed by atoms with Gasteiger partial charge in [0.15, 0.2) is 0 Å². The van der Waals surface area contributed by atoms with Gasteiger partial charge in [-0.15, -0.1) is 0 Å². The number of halogens is 1. The molecule has 196 valence electrons. The summed E-state index contributed by atoms with van der Waals surface area (Å²) in [6.07, 6.45) is 0. The van der Waals surface area contributed by atoms with Crippen molar-refractivity contribution < 1.29 is 12.4 Å². The number of hydrogen-bond donors (Lipinski definition) is 0. The Morgan fingerprint density at radius 2 is 0.550 bits per heavy atom. The SMILES string of the molecule is C(=P(c1ccccc1)(c1ccccc1)c1ccccc1)[P+](c1ccccc1)(c1ccccc1)c1ccccc1.[Cl-]. The Bertz CT molecular complexity index is 1470. The molecule has 0 saturated carbocycles. The first-order valence-corrected chi connectivity index (χ1v) is 17.0. The Kier molecular flexibility index (Phi) is 8.84. The van der Waals surface area contributed by atoms with Crippen molar-refractivity contribution in [3.63, 3.8) is 0 Å². The van der Waals surface area contributed by atoms with E-state index in [1.54, 1.807) is 0 Å². The van der Waals surface area contributed by atoms with Crippen LogP contribution in [0.5, 0.6) is 0 Å². The first-order chi connectivity index (χ1) is 19.3. The lowest BCUT2D eigenvalue weighted by Crippen LogP contribution is -3.00. The average molecular weight is 573 g/mol. The summed E-state index contributed by atoms with van der Waals surface area (Å²) in [5.41, 5.74) is 2.82. The van der Waals surface area contributed by atoms with Gasteiger partial charge in [-0.3, -0.25) is 0 Å². The average Bonchev–Trinajstić information content (AvgIpc) is 3.04. The fourth-order valence-electron chi connectivity index (χ4n) is 5.53. The van der Waals surface area contributed by atoms with E-state index < -0.39 is 14.1 Å². The molecule has 0 atom stereocenters. The molecule has 6 rings (SSSR count). The summed E-state index contributed by atoms with van der Waals surface area (Å²) in [6, 6.07) is 67.1. The maximum atomic E-state index is 2.82. The van der Waals surface area contributed by atoms with Crippen LogP contribution in [0.2, 0.25) is 0 Å². The molecule has 0 bridgehead atoms. The molecule has 40 heavy (non-hydrogen) atoms. The molecule has 0 unspecified atom stereocenters. The summed E-state index contributed by atoms with van der Waals surface area (Å²) in [5, 5.41) is 8.22. The zero-order valence-electron chi connectivity index (χ0n) is 22.2. The molecule has 0 heterocycles. The molecule has 0 aliphatic carbocycles. The minimum absolute atomic E-state index is 0. The number of rotatable bonds is 7. The summed E-state index contributed by atoms with van der Waals surface area (Å²) >= 11 is 0. The Hall–Kier alpha value is -3.66. The van der Waals surface area contributed by atoms with Crippen molar-refractivity contribution in [1.82, 2.24) is 0 Å². The maximum absolute atomic E-state index is 2.82. The maximum Gasteiger partial charge on any atom is 0.137 e. The summed E-state index contributed by atoms with van der Waals surface area (Å²) in [6.45, 7) is -2.25. The van der Waals surface area contributed by atoms with Crippen LogP contribution >= 0.6 is 14.1 Å². The van der Waals surface area contributed by atoms with Crippen LogP contribution in [0, 0.1) is 0 Å². The summed E-state index contributed by atoms with van der Waals surface area (Å²) in [7, 11) is -2.25. The van der Waals surface area contributed by atoms with E-state index in [1.807, 2.05) is 0 Å². The van der Waals surface area contributed by atoms with Crippen LogP contribution in [0.25, 0.3) is 0 Å². The minimum Gasteiger partial charge on any atom is -1.00 e. The van der Waals surface area contributed by atoms with Gasteiger partial charge in [0.05, 0.1) is 5.54 Å². The number of benzene rings is 6. The van der Waals surface area contributed by atoms with Crippen molar-refractivity contribution in [3.8, 4) is 0 Å². The Labute approximate surface area is 245 Å². The normalized spacial score (nSPS) is 11.3. The van der Waals surface area contributed by atoms with Gasteiger partial charge in [0.1, 0.15) is 23.2 Å². The van der Waals surface area contributed by atoms with Gasteiger partial charge in [0, 0.05) is 6.89 Å². The summed E-state index contributed by atoms with van der Waals surface area (Å²) < 4.78 is 0. The fraction of sp³-hybridized carbons (Fsp3) is 0. The molecule has 0 nitrogen and oxygen atoms in total. The quantitative estimate of drug-likeness (QED) is 0.256. The summed E-state index contributed by atoms with van der Waals surface area (Å²) in [5.74, 6) is 0. The van der Waals surface area contributed by atoms with Crippen LogP contribution in [-0.2, 0) is 0 Å². The van der Waals surface area contributed by atoms with Crippen molar-refractivity contribution in [3.05, 3.63) is 182 Å². The van der Waals surface area contributed by atoms with E-state index in [0.717, 1.165) is 0 Å². The van der Waals surface area contributed by atoms with E-state index in [0.29, 0.717) is 0 Å². The molecule has 0 fully saturated rings. The second-order valence-electron chi connectivity index (χ2n) is 9.57. The third-order valence-electron chi connectivity index (χ3n) is 7.33. The monoisotopic (exact) mass is 572 g/mol. The van der Waals surface area contributed by atoms with E-state index in [2.05, 4.69) is 188 Å². The lowest BCUT2D eigenvalue weighted by atomic mass is 10.4. The van der Waals surface area contributed by atoms with Gasteiger partial charge in [-0.25, -0.2) is 0 Å². The van der Waals surface area contributed by atoms with E-state index >= 15 is 0 Å². The highest BCUT2D eigenvalue weighted by Gasteiger charge is 2.47. The van der Waals surface area contributed by atoms with Crippen molar-refractivity contribution in [2.75, 3.05) is 0 Å². The molecular weight excluding hydrogens is 542 g/mol. The van der Waals surface area contributed by atoms with Crippen molar-refractivity contribution in [2.45, 2.75) is 0 Å². The molecule has 0 aliphatic heterocycles. The highest BCUT2D eigenvalue weighted by molar-refractivity contribution is 8.18. The Morgan fingerprint density at radius 1 is 0.325 bits per heavy atom. The zero-order valence-corrected chi connectivity index (χ0v) is 24.7. The molecule has 0 amide bonds. The molecule has 0 aliphatic rings. The first kappa shape index (κ1) is 27.9. The standard InChI is InChI=1S/C37H31P2.ClH/c1-7-19-32(20-8-1)38(33-21-9-2-10-22-33,34-23-11-3-12-24-34)31-39(35-25-13-4-14-26-35,36-27-15-5-16-28-36)37-29-17-6-18-30-37;/h1-31H;1H/q+1;/p-1. The minimum atomic E-state index is -2.25. The molecular formula is C37H31ClP2. The van der Waals surface area contributed by atoms with E-state index in [4.69, 9.17) is 0 Å². The third-order valence-corrected chi connectivity index (χ3v) is 16.8. The van der Waals surface area contributed by atoms with E-state index in [9.17, 15) is 0 Å². The van der Waals surface area contributed by atoms with Gasteiger partial charge in [0.2, 0.25) is 0 Å². The third kappa shape index (κ3) is 5.12. The van der Waals surface area contributed by atoms with Gasteiger partial charge < -0.3 is 12.4 Å². The van der Waals surface area contributed by atoms with Gasteiger partial charge in [0.25, 0.3) is 0 Å². The van der Waals surface area contributed by atoms with Crippen molar-refractivity contribution >= 4 is 51.5 Å². The van der Waals surface area contributed by atoms with Gasteiger partial charge in [-0.2, -0.15) is 0 Å². The fourth-order valence-corrected chi connectivity index (χ4v) is 16.5. The van der Waals surface area contributed by atoms with Gasteiger partial charge >= 0.3 is 0 Å². The molecule has 6 aromatic rings. The summed E-state index contributed by atoms with van der Waals surface area (Å²) in [4.78, 5) is 0. The van der Waals surface area contributed by atoms with E-state index in [-0.39, 0.29) is 12.4 Å². The molecule has 6 aromatic carbocycles. The van der Waals surface area contributed by atoms with Crippen LogP contribution < -0.4 is 44.2 Å². The highest BCUT2D eigenvalue weighted by Crippen LogP contribution is 2.60. The van der Waals surface area contributed by atoms with Crippen molar-refractivity contribution in [2.24, 2.45) is 0 Å². The smallest absolute Gasteiger partial charge is 0.137 e. The number of hydrogen-bond acceptors (Lipinski definition) is 0. The van der Waals surface area contributed by atoms with E-state index in [1.165, 1.54) is 31.8 Å². The predicted molar refractivity (Wildman–Crippen MR) is 176 cm³/mol. The second-order valence-corrected chi connectivity index (χ2v) is 16.5.